The van der Waals surface area contributed by atoms with Gasteiger partial charge < -0.3 is 9.30 Å². The minimum atomic E-state index is -3.95. The number of halogens is 3. The molecule has 0 aliphatic heterocycles. The van der Waals surface area contributed by atoms with Gasteiger partial charge in [-0.05, 0) is 6.07 Å². The molecule has 114 valence electrons. The SMILES string of the molecule is Cn1ccnc1CCOc1cc(Cl)c(S(=O)(=O)Cl)cc1Cl. The van der Waals surface area contributed by atoms with Gasteiger partial charge in [-0.15, -0.1) is 0 Å². The van der Waals surface area contributed by atoms with Crippen molar-refractivity contribution in [2.45, 2.75) is 11.3 Å². The summed E-state index contributed by atoms with van der Waals surface area (Å²) in [7, 11) is 3.19. The lowest BCUT2D eigenvalue weighted by atomic mass is 10.3. The minimum Gasteiger partial charge on any atom is -0.492 e. The van der Waals surface area contributed by atoms with Crippen molar-refractivity contribution in [2.75, 3.05) is 6.61 Å². The molecule has 5 nitrogen and oxygen atoms in total. The van der Waals surface area contributed by atoms with Gasteiger partial charge in [-0.2, -0.15) is 0 Å². The van der Waals surface area contributed by atoms with E-state index >= 15 is 0 Å². The molecule has 0 spiro atoms. The van der Waals surface area contributed by atoms with Crippen LogP contribution in [0.15, 0.2) is 29.4 Å². The van der Waals surface area contributed by atoms with Crippen LogP contribution in [0, 0.1) is 0 Å². The average molecular weight is 370 g/mol. The lowest BCUT2D eigenvalue weighted by Crippen LogP contribution is -2.06. The smallest absolute Gasteiger partial charge is 0.262 e. The Bertz CT molecular complexity index is 759. The quantitative estimate of drug-likeness (QED) is 0.759. The van der Waals surface area contributed by atoms with Gasteiger partial charge in [0.05, 0.1) is 16.7 Å². The zero-order valence-corrected chi connectivity index (χ0v) is 14.0. The van der Waals surface area contributed by atoms with E-state index in [-0.39, 0.29) is 14.9 Å². The van der Waals surface area contributed by atoms with Crippen LogP contribution in [-0.4, -0.2) is 24.6 Å². The normalized spacial score (nSPS) is 11.6. The number of nitrogens with zero attached hydrogens (tertiary/aromatic N) is 2. The van der Waals surface area contributed by atoms with E-state index in [0.29, 0.717) is 18.8 Å². The predicted octanol–water partition coefficient (Wildman–Crippen LogP) is 3.28. The molecule has 0 aliphatic carbocycles. The number of rotatable bonds is 5. The Labute approximate surface area is 136 Å². The third-order valence-corrected chi connectivity index (χ3v) is 4.84. The zero-order valence-electron chi connectivity index (χ0n) is 10.9. The molecule has 9 heteroatoms. The summed E-state index contributed by atoms with van der Waals surface area (Å²) in [5, 5.41) is 0.0832. The van der Waals surface area contributed by atoms with Gasteiger partial charge in [0.25, 0.3) is 9.05 Å². The molecule has 0 saturated heterocycles. The number of hydrogen-bond donors (Lipinski definition) is 0. The topological polar surface area (TPSA) is 61.2 Å². The van der Waals surface area contributed by atoms with Crippen LogP contribution in [0.5, 0.6) is 5.75 Å². The largest absolute Gasteiger partial charge is 0.492 e. The molecule has 0 radical (unpaired) electrons. The molecule has 0 unspecified atom stereocenters. The summed E-state index contributed by atoms with van der Waals surface area (Å²) < 4.78 is 30.0. The van der Waals surface area contributed by atoms with Crippen LogP contribution in [0.25, 0.3) is 0 Å². The van der Waals surface area contributed by atoms with Crippen molar-refractivity contribution in [3.05, 3.63) is 40.4 Å². The highest BCUT2D eigenvalue weighted by atomic mass is 35.7. The van der Waals surface area contributed by atoms with Crippen molar-refractivity contribution >= 4 is 42.9 Å². The van der Waals surface area contributed by atoms with Crippen molar-refractivity contribution in [3.8, 4) is 5.75 Å². The van der Waals surface area contributed by atoms with Crippen LogP contribution < -0.4 is 4.74 Å². The van der Waals surface area contributed by atoms with E-state index in [2.05, 4.69) is 4.98 Å². The molecule has 0 amide bonds. The zero-order chi connectivity index (χ0) is 15.6. The van der Waals surface area contributed by atoms with Crippen LogP contribution >= 0.6 is 33.9 Å². The van der Waals surface area contributed by atoms with E-state index < -0.39 is 9.05 Å². The van der Waals surface area contributed by atoms with E-state index in [4.69, 9.17) is 38.6 Å². The first-order valence-corrected chi connectivity index (χ1v) is 8.88. The first-order valence-electron chi connectivity index (χ1n) is 5.81. The van der Waals surface area contributed by atoms with Gasteiger partial charge in [0.1, 0.15) is 16.5 Å². The van der Waals surface area contributed by atoms with Gasteiger partial charge >= 0.3 is 0 Å². The molecule has 0 bridgehead atoms. The second-order valence-electron chi connectivity index (χ2n) is 4.20. The van der Waals surface area contributed by atoms with Crippen molar-refractivity contribution in [2.24, 2.45) is 7.05 Å². The molecule has 21 heavy (non-hydrogen) atoms. The van der Waals surface area contributed by atoms with E-state index in [9.17, 15) is 8.42 Å². The van der Waals surface area contributed by atoms with E-state index in [1.165, 1.54) is 12.1 Å². The molecular weight excluding hydrogens is 359 g/mol. The Morgan fingerprint density at radius 3 is 2.57 bits per heavy atom. The van der Waals surface area contributed by atoms with Crippen molar-refractivity contribution in [1.29, 1.82) is 0 Å². The molecule has 0 atom stereocenters. The third-order valence-electron chi connectivity index (χ3n) is 2.75. The van der Waals surface area contributed by atoms with Crippen LogP contribution in [0.1, 0.15) is 5.82 Å². The van der Waals surface area contributed by atoms with Gasteiger partial charge in [0.2, 0.25) is 0 Å². The fraction of sp³-hybridized carbons (Fsp3) is 0.250. The summed E-state index contributed by atoms with van der Waals surface area (Å²) >= 11 is 11.8. The van der Waals surface area contributed by atoms with Gasteiger partial charge in [0.15, 0.2) is 0 Å². The number of aryl methyl sites for hydroxylation is 1. The average Bonchev–Trinajstić information content (AvgIpc) is 2.77. The first kappa shape index (κ1) is 16.4. The Hall–Kier alpha value is -0.950. The van der Waals surface area contributed by atoms with E-state index in [0.717, 1.165) is 5.82 Å². The molecule has 0 aliphatic rings. The van der Waals surface area contributed by atoms with Gasteiger partial charge in [0, 0.05) is 42.6 Å². The summed E-state index contributed by atoms with van der Waals surface area (Å²) in [6, 6.07) is 2.50. The highest BCUT2D eigenvalue weighted by molar-refractivity contribution is 8.13. The number of aromatic nitrogens is 2. The lowest BCUT2D eigenvalue weighted by molar-refractivity contribution is 0.317. The third kappa shape index (κ3) is 4.03. The standard InChI is InChI=1S/C12H11Cl3N2O3S/c1-17-4-3-16-12(17)2-5-20-10-6-9(14)11(7-8(10)13)21(15,18)19/h3-4,6-7H,2,5H2,1H3. The Morgan fingerprint density at radius 2 is 2.00 bits per heavy atom. The fourth-order valence-corrected chi connectivity index (χ4v) is 3.49. The van der Waals surface area contributed by atoms with Crippen LogP contribution in [-0.2, 0) is 22.5 Å². The van der Waals surface area contributed by atoms with Crippen molar-refractivity contribution < 1.29 is 13.2 Å². The lowest BCUT2D eigenvalue weighted by Gasteiger charge is -2.10. The predicted molar refractivity (Wildman–Crippen MR) is 81.9 cm³/mol. The van der Waals surface area contributed by atoms with E-state index in [1.54, 1.807) is 6.20 Å². The molecule has 1 aromatic carbocycles. The second kappa shape index (κ2) is 6.44. The fourth-order valence-electron chi connectivity index (χ4n) is 1.70. The molecule has 0 fully saturated rings. The highest BCUT2D eigenvalue weighted by Crippen LogP contribution is 2.35. The van der Waals surface area contributed by atoms with Gasteiger partial charge in [-0.3, -0.25) is 0 Å². The monoisotopic (exact) mass is 368 g/mol. The highest BCUT2D eigenvalue weighted by Gasteiger charge is 2.18. The molecule has 0 N–H and O–H groups in total. The second-order valence-corrected chi connectivity index (χ2v) is 7.55. The summed E-state index contributed by atoms with van der Waals surface area (Å²) in [5.41, 5.74) is 0. The summed E-state index contributed by atoms with van der Waals surface area (Å²) in [6.07, 6.45) is 4.10. The summed E-state index contributed by atoms with van der Waals surface area (Å²) in [6.45, 7) is 0.327. The van der Waals surface area contributed by atoms with Crippen LogP contribution in [0.3, 0.4) is 0 Å². The number of benzene rings is 1. The van der Waals surface area contributed by atoms with Crippen molar-refractivity contribution in [1.82, 2.24) is 9.55 Å². The minimum absolute atomic E-state index is 0.0404. The molecular formula is C12H11Cl3N2O3S. The number of hydrogen-bond acceptors (Lipinski definition) is 4. The molecule has 1 aromatic heterocycles. The Morgan fingerprint density at radius 1 is 1.29 bits per heavy atom. The number of imidazole rings is 1. The summed E-state index contributed by atoms with van der Waals surface area (Å²) in [5.74, 6) is 1.15. The van der Waals surface area contributed by atoms with Crippen molar-refractivity contribution in [3.63, 3.8) is 0 Å². The van der Waals surface area contributed by atoms with Gasteiger partial charge in [-0.25, -0.2) is 13.4 Å². The van der Waals surface area contributed by atoms with Gasteiger partial charge in [-0.1, -0.05) is 23.2 Å². The molecule has 2 rings (SSSR count). The Kier molecular flexibility index (Phi) is 5.03. The summed E-state index contributed by atoms with van der Waals surface area (Å²) in [4.78, 5) is 3.92. The van der Waals surface area contributed by atoms with Crippen LogP contribution in [0.2, 0.25) is 10.0 Å². The first-order chi connectivity index (χ1) is 9.79. The van der Waals surface area contributed by atoms with Crippen LogP contribution in [0.4, 0.5) is 0 Å². The van der Waals surface area contributed by atoms with E-state index in [1.807, 2.05) is 17.8 Å². The maximum absolute atomic E-state index is 11.3. The maximum Gasteiger partial charge on any atom is 0.262 e. The molecule has 2 aromatic rings. The Balaban J connectivity index is 2.11. The molecule has 0 saturated carbocycles. The maximum atomic E-state index is 11.3. The number of ether oxygens (including phenoxy) is 1. The molecule has 1 heterocycles.